The van der Waals surface area contributed by atoms with Gasteiger partial charge in [0, 0.05) is 6.42 Å². The summed E-state index contributed by atoms with van der Waals surface area (Å²) in [6.07, 6.45) is 0.120. The highest BCUT2D eigenvalue weighted by Gasteiger charge is 2.45. The van der Waals surface area contributed by atoms with Gasteiger partial charge in [0.25, 0.3) is 0 Å². The molecule has 1 amide bonds. The van der Waals surface area contributed by atoms with E-state index in [1.807, 2.05) is 146 Å². The number of carboxylic acids is 1. The van der Waals surface area contributed by atoms with Crippen molar-refractivity contribution in [2.24, 2.45) is 0 Å². The Labute approximate surface area is 240 Å². The van der Waals surface area contributed by atoms with Gasteiger partial charge in [-0.15, -0.1) is 0 Å². The zero-order valence-electron chi connectivity index (χ0n) is 22.5. The van der Waals surface area contributed by atoms with Gasteiger partial charge in [0.2, 0.25) is 5.91 Å². The summed E-state index contributed by atoms with van der Waals surface area (Å²) in [6.45, 7) is 0.439. The minimum absolute atomic E-state index is 0.120. The van der Waals surface area contributed by atoms with Gasteiger partial charge in [-0.1, -0.05) is 133 Å². The Morgan fingerprint density at radius 2 is 1.05 bits per heavy atom. The van der Waals surface area contributed by atoms with E-state index in [1.54, 1.807) is 0 Å². The Kier molecular flexibility index (Phi) is 8.55. The summed E-state index contributed by atoms with van der Waals surface area (Å²) < 4.78 is 5.87. The standard InChI is InChI=1S/C36H31NO4/c38-34(39)33(25-27-21-23-32(24-22-27)41-26-28-13-5-1-6-14-28)37-35(40)36(29-15-7-2-8-16-29,30-17-9-3-10-18-30)31-19-11-4-12-20-31/h1-24,33H,25-26H2,(H,37,40)(H,38,39)/t33-/m1/s1. The third-order valence-electron chi connectivity index (χ3n) is 7.18. The fraction of sp³-hybridized carbons (Fsp3) is 0.111. The smallest absolute Gasteiger partial charge is 0.326 e. The lowest BCUT2D eigenvalue weighted by molar-refractivity contribution is -0.142. The van der Waals surface area contributed by atoms with Crippen molar-refractivity contribution in [3.63, 3.8) is 0 Å². The molecular weight excluding hydrogens is 510 g/mol. The number of aliphatic carboxylic acids is 1. The molecule has 0 spiro atoms. The SMILES string of the molecule is O=C(O)[C@@H](Cc1ccc(OCc2ccccc2)cc1)NC(=O)C(c1ccccc1)(c1ccccc1)c1ccccc1. The number of hydrogen-bond acceptors (Lipinski definition) is 3. The largest absolute Gasteiger partial charge is 0.489 e. The van der Waals surface area contributed by atoms with Crippen molar-refractivity contribution in [2.75, 3.05) is 0 Å². The average Bonchev–Trinajstić information content (AvgIpc) is 3.03. The second kappa shape index (κ2) is 12.8. The maximum atomic E-state index is 14.5. The molecule has 0 aliphatic heterocycles. The summed E-state index contributed by atoms with van der Waals surface area (Å²) in [7, 11) is 0. The molecule has 0 radical (unpaired) electrons. The first-order valence-electron chi connectivity index (χ1n) is 13.5. The Bertz CT molecular complexity index is 1460. The van der Waals surface area contributed by atoms with Gasteiger partial charge in [-0.2, -0.15) is 0 Å². The monoisotopic (exact) mass is 541 g/mol. The van der Waals surface area contributed by atoms with Crippen molar-refractivity contribution >= 4 is 11.9 Å². The molecule has 41 heavy (non-hydrogen) atoms. The topological polar surface area (TPSA) is 75.6 Å². The average molecular weight is 542 g/mol. The molecule has 0 heterocycles. The minimum Gasteiger partial charge on any atom is -0.489 e. The molecule has 0 unspecified atom stereocenters. The van der Waals surface area contributed by atoms with Crippen LogP contribution >= 0.6 is 0 Å². The quantitative estimate of drug-likeness (QED) is 0.190. The van der Waals surface area contributed by atoms with Crippen molar-refractivity contribution in [1.82, 2.24) is 5.32 Å². The molecule has 5 heteroatoms. The van der Waals surface area contributed by atoms with Crippen LogP contribution in [-0.2, 0) is 28.0 Å². The summed E-state index contributed by atoms with van der Waals surface area (Å²) in [5.74, 6) is -0.827. The molecule has 2 N–H and O–H groups in total. The fourth-order valence-electron chi connectivity index (χ4n) is 5.12. The first-order valence-corrected chi connectivity index (χ1v) is 13.5. The highest BCUT2D eigenvalue weighted by atomic mass is 16.5. The zero-order chi connectivity index (χ0) is 28.5. The third-order valence-corrected chi connectivity index (χ3v) is 7.18. The van der Waals surface area contributed by atoms with E-state index < -0.39 is 23.3 Å². The molecule has 0 aliphatic rings. The minimum atomic E-state index is -1.26. The van der Waals surface area contributed by atoms with Crippen LogP contribution in [0.3, 0.4) is 0 Å². The molecule has 0 fully saturated rings. The maximum Gasteiger partial charge on any atom is 0.326 e. The Morgan fingerprint density at radius 3 is 1.49 bits per heavy atom. The van der Waals surface area contributed by atoms with Crippen LogP contribution in [0.2, 0.25) is 0 Å². The van der Waals surface area contributed by atoms with Gasteiger partial charge < -0.3 is 15.2 Å². The van der Waals surface area contributed by atoms with Gasteiger partial charge in [0.05, 0.1) is 0 Å². The van der Waals surface area contributed by atoms with Crippen molar-refractivity contribution in [2.45, 2.75) is 24.5 Å². The van der Waals surface area contributed by atoms with Crippen molar-refractivity contribution in [3.05, 3.63) is 173 Å². The first kappa shape index (κ1) is 27.4. The van der Waals surface area contributed by atoms with Crippen LogP contribution in [0.25, 0.3) is 0 Å². The fourth-order valence-corrected chi connectivity index (χ4v) is 5.12. The van der Waals surface area contributed by atoms with Gasteiger partial charge in [-0.25, -0.2) is 4.79 Å². The Hall–Kier alpha value is -5.16. The number of carbonyl (C=O) groups is 2. The summed E-state index contributed by atoms with van der Waals surface area (Å²) >= 11 is 0. The molecule has 5 aromatic carbocycles. The molecule has 0 aromatic heterocycles. The van der Waals surface area contributed by atoms with Gasteiger partial charge in [0.15, 0.2) is 0 Å². The predicted molar refractivity (Wildman–Crippen MR) is 160 cm³/mol. The number of rotatable bonds is 11. The van der Waals surface area contributed by atoms with Crippen molar-refractivity contribution in [3.8, 4) is 5.75 Å². The Balaban J connectivity index is 1.43. The molecule has 5 aromatic rings. The number of hydrogen-bond donors (Lipinski definition) is 2. The van der Waals surface area contributed by atoms with Gasteiger partial charge in [0.1, 0.15) is 23.8 Å². The third kappa shape index (κ3) is 6.20. The summed E-state index contributed by atoms with van der Waals surface area (Å²) in [5, 5.41) is 13.1. The highest BCUT2D eigenvalue weighted by molar-refractivity contribution is 5.98. The molecule has 0 saturated carbocycles. The lowest BCUT2D eigenvalue weighted by atomic mass is 9.68. The highest BCUT2D eigenvalue weighted by Crippen LogP contribution is 2.39. The molecule has 204 valence electrons. The Morgan fingerprint density at radius 1 is 0.610 bits per heavy atom. The summed E-state index contributed by atoms with van der Waals surface area (Å²) in [6, 6.07) is 44.5. The van der Waals surface area contributed by atoms with Gasteiger partial charge >= 0.3 is 5.97 Å². The van der Waals surface area contributed by atoms with Crippen LogP contribution in [0.15, 0.2) is 146 Å². The van der Waals surface area contributed by atoms with Gasteiger partial charge in [-0.05, 0) is 39.9 Å². The van der Waals surface area contributed by atoms with E-state index in [0.29, 0.717) is 12.4 Å². The van der Waals surface area contributed by atoms with Crippen molar-refractivity contribution < 1.29 is 19.4 Å². The predicted octanol–water partition coefficient (Wildman–Crippen LogP) is 6.41. The van der Waals surface area contributed by atoms with E-state index in [-0.39, 0.29) is 6.42 Å². The van der Waals surface area contributed by atoms with Crippen LogP contribution < -0.4 is 10.1 Å². The van der Waals surface area contributed by atoms with E-state index in [4.69, 9.17) is 4.74 Å². The molecular formula is C36H31NO4. The van der Waals surface area contributed by atoms with E-state index in [9.17, 15) is 14.7 Å². The molecule has 5 rings (SSSR count). The normalized spacial score (nSPS) is 11.8. The summed E-state index contributed by atoms with van der Waals surface area (Å²) in [5.41, 5.74) is 2.82. The number of carbonyl (C=O) groups excluding carboxylic acids is 1. The van der Waals surface area contributed by atoms with Crippen LogP contribution in [-0.4, -0.2) is 23.0 Å². The number of amides is 1. The van der Waals surface area contributed by atoms with Crippen LogP contribution in [0, 0.1) is 0 Å². The number of benzene rings is 5. The van der Waals surface area contributed by atoms with Gasteiger partial charge in [-0.3, -0.25) is 4.79 Å². The molecule has 0 saturated heterocycles. The van der Waals surface area contributed by atoms with Crippen molar-refractivity contribution in [1.29, 1.82) is 0 Å². The van der Waals surface area contributed by atoms with Crippen LogP contribution in [0.5, 0.6) is 5.75 Å². The second-order valence-electron chi connectivity index (χ2n) is 9.83. The molecule has 0 aliphatic carbocycles. The first-order chi connectivity index (χ1) is 20.1. The number of ether oxygens (including phenoxy) is 1. The zero-order valence-corrected chi connectivity index (χ0v) is 22.5. The van der Waals surface area contributed by atoms with Crippen LogP contribution in [0.4, 0.5) is 0 Å². The second-order valence-corrected chi connectivity index (χ2v) is 9.83. The molecule has 0 bridgehead atoms. The lowest BCUT2D eigenvalue weighted by Gasteiger charge is -2.35. The van der Waals surface area contributed by atoms with E-state index in [0.717, 1.165) is 27.8 Å². The van der Waals surface area contributed by atoms with E-state index >= 15 is 0 Å². The lowest BCUT2D eigenvalue weighted by Crippen LogP contribution is -2.52. The maximum absolute atomic E-state index is 14.5. The summed E-state index contributed by atoms with van der Waals surface area (Å²) in [4.78, 5) is 26.9. The number of carboxylic acid groups (broad SMARTS) is 1. The van der Waals surface area contributed by atoms with E-state index in [1.165, 1.54) is 0 Å². The number of nitrogens with one attached hydrogen (secondary N) is 1. The van der Waals surface area contributed by atoms with Crippen LogP contribution in [0.1, 0.15) is 27.8 Å². The molecule has 5 nitrogen and oxygen atoms in total. The van der Waals surface area contributed by atoms with E-state index in [2.05, 4.69) is 5.32 Å². The molecule has 1 atom stereocenters.